The third-order valence-electron chi connectivity index (χ3n) is 2.11. The van der Waals surface area contributed by atoms with Gasteiger partial charge in [0.2, 0.25) is 0 Å². The average Bonchev–Trinajstić information content (AvgIpc) is 2.55. The van der Waals surface area contributed by atoms with Gasteiger partial charge in [0.05, 0.1) is 5.69 Å². The lowest BCUT2D eigenvalue weighted by atomic mass is 10.3. The molecule has 0 aliphatic carbocycles. The Hall–Kier alpha value is -1.63. The van der Waals surface area contributed by atoms with E-state index in [2.05, 4.69) is 4.98 Å². The number of rotatable bonds is 5. The molecule has 0 bridgehead atoms. The van der Waals surface area contributed by atoms with E-state index in [4.69, 9.17) is 10.8 Å². The van der Waals surface area contributed by atoms with Crippen LogP contribution in [0, 0.1) is 6.92 Å². The number of amides is 1. The van der Waals surface area contributed by atoms with Gasteiger partial charge in [0.15, 0.2) is 5.13 Å². The summed E-state index contributed by atoms with van der Waals surface area (Å²) in [7, 11) is 0. The highest BCUT2D eigenvalue weighted by molar-refractivity contribution is 7.17. The molecule has 1 rings (SSSR count). The molecule has 0 spiro atoms. The van der Waals surface area contributed by atoms with Crippen molar-refractivity contribution in [3.63, 3.8) is 0 Å². The van der Waals surface area contributed by atoms with Crippen molar-refractivity contribution in [2.45, 2.75) is 20.3 Å². The van der Waals surface area contributed by atoms with Crippen LogP contribution in [0.3, 0.4) is 0 Å². The number of nitrogens with two attached hydrogens (primary N) is 1. The first-order valence-corrected chi connectivity index (χ1v) is 6.01. The van der Waals surface area contributed by atoms with Crippen LogP contribution in [0.15, 0.2) is 0 Å². The molecule has 1 aromatic rings. The third-order valence-corrected chi connectivity index (χ3v) is 3.09. The zero-order valence-electron chi connectivity index (χ0n) is 9.77. The molecular weight excluding hydrogens is 242 g/mol. The highest BCUT2D eigenvalue weighted by Gasteiger charge is 2.22. The zero-order valence-corrected chi connectivity index (χ0v) is 10.6. The van der Waals surface area contributed by atoms with Gasteiger partial charge >= 0.3 is 5.97 Å². The van der Waals surface area contributed by atoms with E-state index in [1.165, 1.54) is 4.90 Å². The maximum absolute atomic E-state index is 12.1. The van der Waals surface area contributed by atoms with E-state index in [1.807, 2.05) is 6.92 Å². The number of hydrogen-bond donors (Lipinski definition) is 2. The molecule has 0 aromatic carbocycles. The Kier molecular flexibility index (Phi) is 4.45. The Bertz CT molecular complexity index is 430. The molecule has 0 saturated carbocycles. The Morgan fingerprint density at radius 1 is 1.53 bits per heavy atom. The number of nitrogen functional groups attached to an aromatic ring is 1. The lowest BCUT2D eigenvalue weighted by Crippen LogP contribution is -2.36. The molecule has 1 heterocycles. The summed E-state index contributed by atoms with van der Waals surface area (Å²) in [4.78, 5) is 28.4. The van der Waals surface area contributed by atoms with Gasteiger partial charge in [-0.1, -0.05) is 18.3 Å². The van der Waals surface area contributed by atoms with Crippen LogP contribution in [0.1, 0.15) is 28.7 Å². The Morgan fingerprint density at radius 3 is 2.59 bits per heavy atom. The predicted octanol–water partition coefficient (Wildman–Crippen LogP) is 0.971. The summed E-state index contributed by atoms with van der Waals surface area (Å²) in [6, 6.07) is 0. The summed E-state index contributed by atoms with van der Waals surface area (Å²) in [6.07, 6.45) is 0.701. The molecule has 0 aliphatic heterocycles. The van der Waals surface area contributed by atoms with Crippen LogP contribution in [0.5, 0.6) is 0 Å². The second kappa shape index (κ2) is 5.62. The lowest BCUT2D eigenvalue weighted by Gasteiger charge is -2.19. The Labute approximate surface area is 103 Å². The summed E-state index contributed by atoms with van der Waals surface area (Å²) in [6.45, 7) is 3.67. The summed E-state index contributed by atoms with van der Waals surface area (Å²) in [5, 5.41) is 9.07. The maximum atomic E-state index is 12.1. The first-order valence-electron chi connectivity index (χ1n) is 5.19. The van der Waals surface area contributed by atoms with Crippen molar-refractivity contribution in [1.82, 2.24) is 9.88 Å². The number of hydrogen-bond acceptors (Lipinski definition) is 5. The first-order chi connectivity index (χ1) is 7.95. The van der Waals surface area contributed by atoms with Gasteiger partial charge in [0.25, 0.3) is 5.91 Å². The van der Waals surface area contributed by atoms with E-state index in [-0.39, 0.29) is 12.5 Å². The van der Waals surface area contributed by atoms with Gasteiger partial charge in [-0.2, -0.15) is 0 Å². The molecular formula is C10H15N3O3S. The van der Waals surface area contributed by atoms with Crippen LogP contribution in [-0.2, 0) is 4.79 Å². The molecule has 7 heteroatoms. The van der Waals surface area contributed by atoms with Crippen LogP contribution in [0.4, 0.5) is 5.13 Å². The number of thiazole rings is 1. The highest BCUT2D eigenvalue weighted by atomic mass is 32.1. The Morgan fingerprint density at radius 2 is 2.18 bits per heavy atom. The van der Waals surface area contributed by atoms with Crippen molar-refractivity contribution < 1.29 is 14.7 Å². The van der Waals surface area contributed by atoms with Crippen molar-refractivity contribution in [2.75, 3.05) is 18.8 Å². The molecule has 94 valence electrons. The van der Waals surface area contributed by atoms with Crippen molar-refractivity contribution in [2.24, 2.45) is 0 Å². The number of carbonyl (C=O) groups is 2. The minimum Gasteiger partial charge on any atom is -0.480 e. The van der Waals surface area contributed by atoms with E-state index in [9.17, 15) is 9.59 Å². The summed E-state index contributed by atoms with van der Waals surface area (Å²) < 4.78 is 0. The van der Waals surface area contributed by atoms with Crippen molar-refractivity contribution in [1.29, 1.82) is 0 Å². The molecule has 1 amide bonds. The molecule has 0 aliphatic rings. The molecule has 0 unspecified atom stereocenters. The van der Waals surface area contributed by atoms with Crippen LogP contribution in [0.25, 0.3) is 0 Å². The lowest BCUT2D eigenvalue weighted by molar-refractivity contribution is -0.137. The van der Waals surface area contributed by atoms with Gasteiger partial charge in [-0.15, -0.1) is 0 Å². The number of carboxylic acid groups (broad SMARTS) is 1. The number of aromatic nitrogens is 1. The fraction of sp³-hybridized carbons (Fsp3) is 0.500. The Balaban J connectivity index is 2.91. The van der Waals surface area contributed by atoms with E-state index in [0.717, 1.165) is 11.3 Å². The van der Waals surface area contributed by atoms with Crippen LogP contribution < -0.4 is 5.73 Å². The third kappa shape index (κ3) is 3.42. The van der Waals surface area contributed by atoms with Crippen molar-refractivity contribution in [3.05, 3.63) is 10.6 Å². The number of carbonyl (C=O) groups excluding carboxylic acids is 1. The number of carboxylic acids is 1. The monoisotopic (exact) mass is 257 g/mol. The largest absolute Gasteiger partial charge is 0.480 e. The predicted molar refractivity (Wildman–Crippen MR) is 65.1 cm³/mol. The van der Waals surface area contributed by atoms with Gasteiger partial charge in [-0.3, -0.25) is 9.59 Å². The topological polar surface area (TPSA) is 96.5 Å². The molecule has 0 fully saturated rings. The molecule has 17 heavy (non-hydrogen) atoms. The van der Waals surface area contributed by atoms with E-state index in [0.29, 0.717) is 28.7 Å². The summed E-state index contributed by atoms with van der Waals surface area (Å²) >= 11 is 1.09. The van der Waals surface area contributed by atoms with E-state index in [1.54, 1.807) is 6.92 Å². The number of aryl methyl sites for hydroxylation is 1. The molecule has 0 atom stereocenters. The molecule has 3 N–H and O–H groups in total. The minimum absolute atomic E-state index is 0.302. The first kappa shape index (κ1) is 13.4. The number of anilines is 1. The summed E-state index contributed by atoms with van der Waals surface area (Å²) in [5.74, 6) is -1.34. The van der Waals surface area contributed by atoms with E-state index >= 15 is 0 Å². The molecule has 6 nitrogen and oxygen atoms in total. The van der Waals surface area contributed by atoms with Crippen LogP contribution in [-0.4, -0.2) is 40.0 Å². The van der Waals surface area contributed by atoms with Gasteiger partial charge in [0.1, 0.15) is 11.4 Å². The standard InChI is InChI=1S/C10H15N3O3S/c1-3-4-13(5-7(14)15)9(16)8-6(2)12-10(11)17-8/h3-5H2,1-2H3,(H2,11,12)(H,14,15). The molecule has 0 radical (unpaired) electrons. The van der Waals surface area contributed by atoms with Gasteiger partial charge in [-0.25, -0.2) is 4.98 Å². The van der Waals surface area contributed by atoms with Crippen molar-refractivity contribution in [3.8, 4) is 0 Å². The second-order valence-corrected chi connectivity index (χ2v) is 4.62. The van der Waals surface area contributed by atoms with Gasteiger partial charge in [-0.05, 0) is 13.3 Å². The SMILES string of the molecule is CCCN(CC(=O)O)C(=O)c1sc(N)nc1C. The smallest absolute Gasteiger partial charge is 0.323 e. The molecule has 1 aromatic heterocycles. The summed E-state index contributed by atoms with van der Waals surface area (Å²) in [5.41, 5.74) is 6.06. The number of aliphatic carboxylic acids is 1. The zero-order chi connectivity index (χ0) is 13.0. The van der Waals surface area contributed by atoms with Crippen LogP contribution >= 0.6 is 11.3 Å². The van der Waals surface area contributed by atoms with Crippen LogP contribution in [0.2, 0.25) is 0 Å². The van der Waals surface area contributed by atoms with Gasteiger partial charge in [0, 0.05) is 6.54 Å². The normalized spacial score (nSPS) is 10.2. The second-order valence-electron chi connectivity index (χ2n) is 3.59. The fourth-order valence-electron chi connectivity index (χ4n) is 1.44. The highest BCUT2D eigenvalue weighted by Crippen LogP contribution is 2.21. The average molecular weight is 257 g/mol. The van der Waals surface area contributed by atoms with Gasteiger partial charge < -0.3 is 15.7 Å². The van der Waals surface area contributed by atoms with E-state index < -0.39 is 5.97 Å². The van der Waals surface area contributed by atoms with Crippen molar-refractivity contribution >= 4 is 28.3 Å². The number of nitrogens with zero attached hydrogens (tertiary/aromatic N) is 2. The quantitative estimate of drug-likeness (QED) is 0.819. The fourth-order valence-corrected chi connectivity index (χ4v) is 2.25. The maximum Gasteiger partial charge on any atom is 0.323 e. The molecule has 0 saturated heterocycles. The minimum atomic E-state index is -1.03.